The molecule has 2 aromatic heterocycles. The molecule has 0 spiro atoms. The van der Waals surface area contributed by atoms with Crippen molar-refractivity contribution in [3.63, 3.8) is 0 Å². The van der Waals surface area contributed by atoms with Gasteiger partial charge in [-0.05, 0) is 32.9 Å². The average molecular weight is 583 g/mol. The number of carbonyl (C=O) groups is 1. The molecular weight excluding hydrogens is 549 g/mol. The Morgan fingerprint density at radius 2 is 1.88 bits per heavy atom. The fraction of sp³-hybridized carbons (Fsp3) is 0.440. The zero-order valence-corrected chi connectivity index (χ0v) is 23.7. The number of anilines is 1. The molecule has 40 heavy (non-hydrogen) atoms. The fourth-order valence-electron chi connectivity index (χ4n) is 3.50. The van der Waals surface area contributed by atoms with Gasteiger partial charge in [0.2, 0.25) is 5.85 Å². The lowest BCUT2D eigenvalue weighted by molar-refractivity contribution is -0.156. The summed E-state index contributed by atoms with van der Waals surface area (Å²) < 4.78 is 65.7. The smallest absolute Gasteiger partial charge is 0.459 e. The van der Waals surface area contributed by atoms with Crippen LogP contribution in [0.1, 0.15) is 33.2 Å². The number of esters is 1. The first-order valence-corrected chi connectivity index (χ1v) is 13.6. The Balaban J connectivity index is 0.00000274. The predicted molar refractivity (Wildman–Crippen MR) is 145 cm³/mol. The molecule has 218 valence electrons. The highest BCUT2D eigenvalue weighted by Gasteiger charge is 2.38. The van der Waals surface area contributed by atoms with Gasteiger partial charge in [-0.15, -0.1) is 12.8 Å². The summed E-state index contributed by atoms with van der Waals surface area (Å²) in [6, 6.07) is 7.40. The second kappa shape index (κ2) is 14.7. The van der Waals surface area contributed by atoms with Crippen LogP contribution in [-0.2, 0) is 23.4 Å². The minimum Gasteiger partial charge on any atom is -0.462 e. The van der Waals surface area contributed by atoms with E-state index in [1.807, 2.05) is 0 Å². The number of rotatable bonds is 14. The number of hydrogen-bond donors (Lipinski definition) is 2. The van der Waals surface area contributed by atoms with Gasteiger partial charge in [-0.25, -0.2) is 19.0 Å². The summed E-state index contributed by atoms with van der Waals surface area (Å²) in [5.74, 6) is -2.82. The highest BCUT2D eigenvalue weighted by Crippen LogP contribution is 2.45. The van der Waals surface area contributed by atoms with E-state index in [-0.39, 0.29) is 23.6 Å². The molecule has 0 aliphatic rings. The van der Waals surface area contributed by atoms with Gasteiger partial charge in [0.05, 0.1) is 12.4 Å². The number of nitrogens with zero attached hydrogens (tertiary/aromatic N) is 4. The zero-order chi connectivity index (χ0) is 29.9. The number of methoxy groups -OCH3 is 1. The molecule has 3 atom stereocenters. The number of aromatic nitrogens is 4. The van der Waals surface area contributed by atoms with Crippen LogP contribution in [0.4, 0.5) is 14.6 Å². The first-order chi connectivity index (χ1) is 19.0. The Morgan fingerprint density at radius 3 is 2.48 bits per heavy atom. The summed E-state index contributed by atoms with van der Waals surface area (Å²) in [7, 11) is -1.59. The Bertz CT molecular complexity index is 1330. The molecule has 3 rings (SSSR count). The van der Waals surface area contributed by atoms with Crippen molar-refractivity contribution in [2.45, 2.75) is 45.2 Å². The standard InChI is InChI=1S/C23H31F2N6O6P.C2H2/c1-15(2)36-18(32)12-28-38(33,37-17-9-7-6-8-10-17)35-13-23(25,34-5)11-16(3)31-14-27-19-20(26-4)29-22(24)30-21(19)31;1-2/h6-10,14-16H,11-13H2,1-5H3,(H,28,33)(H,26,29,30);1-2H/t16-,23-,38-;/m0./s1. The third-order valence-corrected chi connectivity index (χ3v) is 6.74. The van der Waals surface area contributed by atoms with Crippen molar-refractivity contribution in [2.75, 3.05) is 32.6 Å². The van der Waals surface area contributed by atoms with Gasteiger partial charge in [0.15, 0.2) is 17.0 Å². The molecule has 0 bridgehead atoms. The number of alkyl halides is 1. The largest absolute Gasteiger partial charge is 0.462 e. The number of ether oxygens (including phenoxy) is 2. The zero-order valence-electron chi connectivity index (χ0n) is 22.8. The molecule has 0 saturated carbocycles. The molecule has 0 unspecified atom stereocenters. The number of carbonyl (C=O) groups excluding carboxylic acids is 1. The van der Waals surface area contributed by atoms with E-state index in [0.717, 1.165) is 7.11 Å². The van der Waals surface area contributed by atoms with Crippen LogP contribution in [0.3, 0.4) is 0 Å². The lowest BCUT2D eigenvalue weighted by Crippen LogP contribution is -2.36. The van der Waals surface area contributed by atoms with Gasteiger partial charge >= 0.3 is 19.8 Å². The molecule has 15 heteroatoms. The van der Waals surface area contributed by atoms with Gasteiger partial charge in [0.25, 0.3) is 0 Å². The van der Waals surface area contributed by atoms with E-state index in [1.54, 1.807) is 46.0 Å². The van der Waals surface area contributed by atoms with Crippen LogP contribution >= 0.6 is 7.75 Å². The Hall–Kier alpha value is -3.63. The van der Waals surface area contributed by atoms with Crippen LogP contribution in [0.5, 0.6) is 5.75 Å². The monoisotopic (exact) mass is 582 g/mol. The third kappa shape index (κ3) is 8.96. The molecule has 2 N–H and O–H groups in total. The van der Waals surface area contributed by atoms with Crippen LogP contribution in [0.2, 0.25) is 0 Å². The van der Waals surface area contributed by atoms with Crippen LogP contribution in [0, 0.1) is 18.9 Å². The highest BCUT2D eigenvalue weighted by molar-refractivity contribution is 7.52. The number of benzene rings is 1. The maximum Gasteiger partial charge on any atom is 0.459 e. The van der Waals surface area contributed by atoms with Gasteiger partial charge in [-0.1, -0.05) is 18.2 Å². The van der Waals surface area contributed by atoms with Gasteiger partial charge < -0.3 is 23.9 Å². The van der Waals surface area contributed by atoms with E-state index in [9.17, 15) is 13.8 Å². The Labute approximate surface area is 231 Å². The summed E-state index contributed by atoms with van der Waals surface area (Å²) in [4.78, 5) is 23.6. The molecule has 12 nitrogen and oxygen atoms in total. The first-order valence-electron chi connectivity index (χ1n) is 12.1. The molecule has 3 aromatic rings. The van der Waals surface area contributed by atoms with Crippen molar-refractivity contribution in [1.29, 1.82) is 0 Å². The number of imidazole rings is 1. The number of nitrogens with one attached hydrogen (secondary N) is 2. The SMILES string of the molecule is C#C.CNc1nc(F)nc2c1ncn2[C@@H](C)C[C@@](F)(CO[P@@](=O)(NCC(=O)OC(C)C)Oc1ccccc1)OC. The molecule has 0 saturated heterocycles. The van der Waals surface area contributed by atoms with E-state index >= 15 is 4.39 Å². The number of terminal acetylenes is 1. The summed E-state index contributed by atoms with van der Waals surface area (Å²) in [5, 5.41) is 5.14. The molecule has 1 aromatic carbocycles. The van der Waals surface area contributed by atoms with Crippen molar-refractivity contribution < 1.29 is 36.7 Å². The maximum atomic E-state index is 15.8. The quantitative estimate of drug-likeness (QED) is 0.122. The minimum absolute atomic E-state index is 0.150. The fourth-order valence-corrected chi connectivity index (χ4v) is 4.79. The van der Waals surface area contributed by atoms with E-state index in [1.165, 1.54) is 23.0 Å². The lowest BCUT2D eigenvalue weighted by Gasteiger charge is -2.29. The molecule has 0 fully saturated rings. The van der Waals surface area contributed by atoms with E-state index in [2.05, 4.69) is 38.2 Å². The Kier molecular flexibility index (Phi) is 11.9. The topological polar surface area (TPSA) is 139 Å². The van der Waals surface area contributed by atoms with Crippen molar-refractivity contribution in [1.82, 2.24) is 24.6 Å². The Morgan fingerprint density at radius 1 is 1.20 bits per heavy atom. The summed E-state index contributed by atoms with van der Waals surface area (Å²) in [6.07, 6.45) is 7.69. The maximum absolute atomic E-state index is 15.8. The molecule has 0 aliphatic carbocycles. The van der Waals surface area contributed by atoms with Gasteiger partial charge in [0.1, 0.15) is 18.9 Å². The number of para-hydroxylation sites is 1. The summed E-state index contributed by atoms with van der Waals surface area (Å²) >= 11 is 0. The van der Waals surface area contributed by atoms with Crippen molar-refractivity contribution in [3.05, 3.63) is 42.7 Å². The lowest BCUT2D eigenvalue weighted by atomic mass is 10.1. The molecular formula is C25H33F2N6O6P. The van der Waals surface area contributed by atoms with Crippen LogP contribution in [0.15, 0.2) is 36.7 Å². The van der Waals surface area contributed by atoms with E-state index in [4.69, 9.17) is 18.5 Å². The summed E-state index contributed by atoms with van der Waals surface area (Å²) in [6.45, 7) is 3.63. The van der Waals surface area contributed by atoms with Crippen molar-refractivity contribution >= 4 is 30.7 Å². The van der Waals surface area contributed by atoms with Crippen molar-refractivity contribution in [2.24, 2.45) is 0 Å². The average Bonchev–Trinajstić information content (AvgIpc) is 3.36. The van der Waals surface area contributed by atoms with Gasteiger partial charge in [-0.2, -0.15) is 14.4 Å². The second-order valence-corrected chi connectivity index (χ2v) is 10.4. The van der Waals surface area contributed by atoms with Crippen molar-refractivity contribution in [3.8, 4) is 18.6 Å². The third-order valence-electron chi connectivity index (χ3n) is 5.27. The molecule has 0 radical (unpaired) electrons. The molecule has 2 heterocycles. The number of fused-ring (bicyclic) bond motifs is 1. The predicted octanol–water partition coefficient (Wildman–Crippen LogP) is 4.26. The van der Waals surface area contributed by atoms with E-state index in [0.29, 0.717) is 5.52 Å². The van der Waals surface area contributed by atoms with Crippen LogP contribution < -0.4 is 14.9 Å². The minimum atomic E-state index is -4.28. The number of halogens is 2. The van der Waals surface area contributed by atoms with Gasteiger partial charge in [-0.3, -0.25) is 9.32 Å². The molecule has 0 aliphatic heterocycles. The highest BCUT2D eigenvalue weighted by atomic mass is 31.2. The second-order valence-electron chi connectivity index (χ2n) is 8.60. The number of hydrogen-bond acceptors (Lipinski definition) is 10. The van der Waals surface area contributed by atoms with Crippen LogP contribution in [0.25, 0.3) is 11.2 Å². The molecule has 0 amide bonds. The van der Waals surface area contributed by atoms with E-state index < -0.39 is 50.9 Å². The summed E-state index contributed by atoms with van der Waals surface area (Å²) in [5.41, 5.74) is 0.453. The van der Waals surface area contributed by atoms with Gasteiger partial charge in [0, 0.05) is 26.6 Å². The van der Waals surface area contributed by atoms with Crippen LogP contribution in [-0.4, -0.2) is 64.8 Å². The first kappa shape index (κ1) is 32.6. The normalized spacial score (nSPS) is 14.8.